The van der Waals surface area contributed by atoms with Crippen molar-refractivity contribution in [2.24, 2.45) is 5.92 Å². The molecule has 92 valence electrons. The number of hydrogen-bond donors (Lipinski definition) is 1. The maximum atomic E-state index is 12.0. The van der Waals surface area contributed by atoms with Crippen LogP contribution in [0.5, 0.6) is 0 Å². The third kappa shape index (κ3) is 3.22. The SMILES string of the molecule is CN(CC1CCC1)C(=O)Cc1cccc(N)c1. The Morgan fingerprint density at radius 1 is 1.47 bits per heavy atom. The van der Waals surface area contributed by atoms with E-state index >= 15 is 0 Å². The topological polar surface area (TPSA) is 46.3 Å². The summed E-state index contributed by atoms with van der Waals surface area (Å²) in [7, 11) is 1.90. The Morgan fingerprint density at radius 3 is 2.82 bits per heavy atom. The monoisotopic (exact) mass is 232 g/mol. The molecule has 1 aliphatic carbocycles. The first-order valence-electron chi connectivity index (χ1n) is 6.23. The summed E-state index contributed by atoms with van der Waals surface area (Å²) in [5.74, 6) is 0.910. The van der Waals surface area contributed by atoms with E-state index in [2.05, 4.69) is 0 Å². The number of nitrogens with two attached hydrogens (primary N) is 1. The lowest BCUT2D eigenvalue weighted by Gasteiger charge is -2.30. The van der Waals surface area contributed by atoms with Crippen molar-refractivity contribution in [2.45, 2.75) is 25.7 Å². The maximum absolute atomic E-state index is 12.0. The normalized spacial score (nSPS) is 15.4. The summed E-state index contributed by atoms with van der Waals surface area (Å²) >= 11 is 0. The van der Waals surface area contributed by atoms with Gasteiger partial charge in [0.05, 0.1) is 6.42 Å². The van der Waals surface area contributed by atoms with Crippen molar-refractivity contribution in [1.82, 2.24) is 4.90 Å². The predicted octanol–water partition coefficient (Wildman–Crippen LogP) is 2.07. The molecule has 1 amide bonds. The average Bonchev–Trinajstić information content (AvgIpc) is 2.23. The first-order chi connectivity index (χ1) is 8.15. The Balaban J connectivity index is 1.87. The van der Waals surface area contributed by atoms with Crippen molar-refractivity contribution in [3.63, 3.8) is 0 Å². The second-order valence-electron chi connectivity index (χ2n) is 4.99. The predicted molar refractivity (Wildman–Crippen MR) is 69.5 cm³/mol. The highest BCUT2D eigenvalue weighted by atomic mass is 16.2. The third-order valence-electron chi connectivity index (χ3n) is 3.49. The van der Waals surface area contributed by atoms with Crippen LogP contribution in [0.25, 0.3) is 0 Å². The van der Waals surface area contributed by atoms with E-state index in [1.165, 1.54) is 19.3 Å². The lowest BCUT2D eigenvalue weighted by atomic mass is 9.85. The molecule has 1 fully saturated rings. The Kier molecular flexibility index (Phi) is 3.67. The Hall–Kier alpha value is -1.51. The lowest BCUT2D eigenvalue weighted by Crippen LogP contribution is -2.35. The lowest BCUT2D eigenvalue weighted by molar-refractivity contribution is -0.130. The molecule has 0 saturated heterocycles. The number of amides is 1. The molecule has 0 radical (unpaired) electrons. The molecule has 2 N–H and O–H groups in total. The molecule has 3 heteroatoms. The largest absolute Gasteiger partial charge is 0.399 e. The number of nitrogens with zero attached hydrogens (tertiary/aromatic N) is 1. The van der Waals surface area contributed by atoms with Crippen molar-refractivity contribution in [3.05, 3.63) is 29.8 Å². The van der Waals surface area contributed by atoms with Crippen LogP contribution in [0, 0.1) is 5.92 Å². The molecule has 1 saturated carbocycles. The van der Waals surface area contributed by atoms with Crippen LogP contribution < -0.4 is 5.73 Å². The van der Waals surface area contributed by atoms with Gasteiger partial charge in [-0.1, -0.05) is 18.6 Å². The molecule has 0 aromatic heterocycles. The van der Waals surface area contributed by atoms with Crippen LogP contribution in [0.4, 0.5) is 5.69 Å². The van der Waals surface area contributed by atoms with E-state index in [-0.39, 0.29) is 5.91 Å². The smallest absolute Gasteiger partial charge is 0.226 e. The summed E-state index contributed by atoms with van der Waals surface area (Å²) in [6, 6.07) is 7.55. The Morgan fingerprint density at radius 2 is 2.24 bits per heavy atom. The molecule has 17 heavy (non-hydrogen) atoms. The van der Waals surface area contributed by atoms with Crippen LogP contribution in [0.2, 0.25) is 0 Å². The number of anilines is 1. The van der Waals surface area contributed by atoms with Crippen LogP contribution >= 0.6 is 0 Å². The number of rotatable bonds is 4. The zero-order valence-electron chi connectivity index (χ0n) is 10.4. The van der Waals surface area contributed by atoms with Gasteiger partial charge in [-0.3, -0.25) is 4.79 Å². The van der Waals surface area contributed by atoms with Gasteiger partial charge in [-0.25, -0.2) is 0 Å². The van der Waals surface area contributed by atoms with Gasteiger partial charge in [0.25, 0.3) is 0 Å². The molecule has 0 aliphatic heterocycles. The first kappa shape index (κ1) is 12.0. The zero-order valence-corrected chi connectivity index (χ0v) is 10.4. The van der Waals surface area contributed by atoms with Crippen LogP contribution in [0.3, 0.4) is 0 Å². The minimum Gasteiger partial charge on any atom is -0.399 e. The van der Waals surface area contributed by atoms with Gasteiger partial charge < -0.3 is 10.6 Å². The highest BCUT2D eigenvalue weighted by Gasteiger charge is 2.21. The van der Waals surface area contributed by atoms with Gasteiger partial charge >= 0.3 is 0 Å². The van der Waals surface area contributed by atoms with Crippen LogP contribution in [-0.4, -0.2) is 24.4 Å². The van der Waals surface area contributed by atoms with Crippen LogP contribution in [0.15, 0.2) is 24.3 Å². The summed E-state index contributed by atoms with van der Waals surface area (Å²) in [6.07, 6.45) is 4.32. The van der Waals surface area contributed by atoms with Crippen LogP contribution in [0.1, 0.15) is 24.8 Å². The standard InChI is InChI=1S/C14H20N2O/c1-16(10-11-4-2-5-11)14(17)9-12-6-3-7-13(15)8-12/h3,6-8,11H,2,4-5,9-10,15H2,1H3. The van der Waals surface area contributed by atoms with Gasteiger partial charge in [0.1, 0.15) is 0 Å². The molecule has 1 aliphatic rings. The molecule has 1 aromatic rings. The van der Waals surface area contributed by atoms with Crippen LogP contribution in [-0.2, 0) is 11.2 Å². The molecule has 0 unspecified atom stereocenters. The third-order valence-corrected chi connectivity index (χ3v) is 3.49. The fourth-order valence-corrected chi connectivity index (χ4v) is 2.18. The Bertz CT molecular complexity index is 399. The molecular formula is C14H20N2O. The number of hydrogen-bond acceptors (Lipinski definition) is 2. The summed E-state index contributed by atoms with van der Waals surface area (Å²) in [5.41, 5.74) is 7.41. The van der Waals surface area contributed by atoms with E-state index in [0.717, 1.165) is 23.7 Å². The number of likely N-dealkylation sites (N-methyl/N-ethyl adjacent to an activating group) is 1. The number of benzene rings is 1. The number of carbonyl (C=O) groups is 1. The van der Waals surface area contributed by atoms with E-state index in [1.807, 2.05) is 36.2 Å². The molecule has 3 nitrogen and oxygen atoms in total. The van der Waals surface area contributed by atoms with Crippen molar-refractivity contribution >= 4 is 11.6 Å². The fraction of sp³-hybridized carbons (Fsp3) is 0.500. The highest BCUT2D eigenvalue weighted by molar-refractivity contribution is 5.78. The second kappa shape index (κ2) is 5.21. The van der Waals surface area contributed by atoms with E-state index in [0.29, 0.717) is 6.42 Å². The van der Waals surface area contributed by atoms with Crippen molar-refractivity contribution < 1.29 is 4.79 Å². The van der Waals surface area contributed by atoms with Crippen molar-refractivity contribution in [2.75, 3.05) is 19.3 Å². The van der Waals surface area contributed by atoms with E-state index in [4.69, 9.17) is 5.73 Å². The summed E-state index contributed by atoms with van der Waals surface area (Å²) in [4.78, 5) is 13.8. The molecule has 1 aromatic carbocycles. The minimum absolute atomic E-state index is 0.183. The van der Waals surface area contributed by atoms with Gasteiger partial charge in [0.15, 0.2) is 0 Å². The zero-order chi connectivity index (χ0) is 12.3. The fourth-order valence-electron chi connectivity index (χ4n) is 2.18. The van der Waals surface area contributed by atoms with Crippen molar-refractivity contribution in [3.8, 4) is 0 Å². The molecule has 0 heterocycles. The second-order valence-corrected chi connectivity index (χ2v) is 4.99. The molecular weight excluding hydrogens is 212 g/mol. The number of carbonyl (C=O) groups excluding carboxylic acids is 1. The van der Waals surface area contributed by atoms with Gasteiger partial charge in [0, 0.05) is 19.3 Å². The summed E-state index contributed by atoms with van der Waals surface area (Å²) in [5, 5.41) is 0. The molecule has 0 spiro atoms. The molecule has 0 atom stereocenters. The number of nitrogen functional groups attached to an aromatic ring is 1. The van der Waals surface area contributed by atoms with Gasteiger partial charge in [0.2, 0.25) is 5.91 Å². The molecule has 0 bridgehead atoms. The quantitative estimate of drug-likeness (QED) is 0.808. The van der Waals surface area contributed by atoms with E-state index < -0.39 is 0 Å². The Labute approximate surface area is 103 Å². The van der Waals surface area contributed by atoms with Crippen molar-refractivity contribution in [1.29, 1.82) is 0 Å². The highest BCUT2D eigenvalue weighted by Crippen LogP contribution is 2.26. The summed E-state index contributed by atoms with van der Waals surface area (Å²) in [6.45, 7) is 0.904. The summed E-state index contributed by atoms with van der Waals surface area (Å²) < 4.78 is 0. The first-order valence-corrected chi connectivity index (χ1v) is 6.23. The van der Waals surface area contributed by atoms with Gasteiger partial charge in [-0.2, -0.15) is 0 Å². The van der Waals surface area contributed by atoms with Gasteiger partial charge in [-0.05, 0) is 36.5 Å². The van der Waals surface area contributed by atoms with E-state index in [1.54, 1.807) is 0 Å². The van der Waals surface area contributed by atoms with E-state index in [9.17, 15) is 4.79 Å². The molecule has 2 rings (SSSR count). The maximum Gasteiger partial charge on any atom is 0.226 e. The average molecular weight is 232 g/mol. The minimum atomic E-state index is 0.183. The van der Waals surface area contributed by atoms with Gasteiger partial charge in [-0.15, -0.1) is 0 Å².